The lowest BCUT2D eigenvalue weighted by Crippen LogP contribution is -2.11. The van der Waals surface area contributed by atoms with Gasteiger partial charge in [0, 0.05) is 6.42 Å². The van der Waals surface area contributed by atoms with E-state index in [2.05, 4.69) is 16.4 Å². The summed E-state index contributed by atoms with van der Waals surface area (Å²) in [6.07, 6.45) is 3.73. The minimum atomic E-state index is -0.111. The van der Waals surface area contributed by atoms with E-state index in [4.69, 9.17) is 10.3 Å². The SMILES string of the molecule is CCc1noc([C@H](N)CCSC)n1. The Labute approximate surface area is 82.3 Å². The van der Waals surface area contributed by atoms with Crippen molar-refractivity contribution in [3.63, 3.8) is 0 Å². The van der Waals surface area contributed by atoms with Crippen LogP contribution in [0.2, 0.25) is 0 Å². The minimum Gasteiger partial charge on any atom is -0.338 e. The van der Waals surface area contributed by atoms with Crippen molar-refractivity contribution >= 4 is 11.8 Å². The summed E-state index contributed by atoms with van der Waals surface area (Å²) >= 11 is 1.77. The van der Waals surface area contributed by atoms with Crippen LogP contribution in [-0.4, -0.2) is 22.1 Å². The monoisotopic (exact) mass is 201 g/mol. The van der Waals surface area contributed by atoms with Gasteiger partial charge in [-0.2, -0.15) is 16.7 Å². The first-order valence-corrected chi connectivity index (χ1v) is 5.74. The first kappa shape index (κ1) is 10.5. The topological polar surface area (TPSA) is 64.9 Å². The van der Waals surface area contributed by atoms with Crippen LogP contribution >= 0.6 is 11.8 Å². The summed E-state index contributed by atoms with van der Waals surface area (Å²) in [7, 11) is 0. The molecule has 1 aromatic heterocycles. The average Bonchev–Trinajstić information content (AvgIpc) is 2.62. The van der Waals surface area contributed by atoms with E-state index in [1.807, 2.05) is 6.92 Å². The zero-order valence-corrected chi connectivity index (χ0v) is 8.80. The highest BCUT2D eigenvalue weighted by molar-refractivity contribution is 7.98. The van der Waals surface area contributed by atoms with Gasteiger partial charge < -0.3 is 10.3 Å². The zero-order valence-electron chi connectivity index (χ0n) is 7.99. The number of nitrogens with two attached hydrogens (primary N) is 1. The van der Waals surface area contributed by atoms with Gasteiger partial charge in [0.25, 0.3) is 0 Å². The van der Waals surface area contributed by atoms with Gasteiger partial charge in [0.1, 0.15) is 0 Å². The third-order valence-corrected chi connectivity index (χ3v) is 2.39. The molecule has 1 atom stereocenters. The molecule has 5 heteroatoms. The first-order valence-electron chi connectivity index (χ1n) is 4.35. The highest BCUT2D eigenvalue weighted by atomic mass is 32.2. The summed E-state index contributed by atoms with van der Waals surface area (Å²) in [6.45, 7) is 1.99. The highest BCUT2D eigenvalue weighted by Crippen LogP contribution is 2.13. The summed E-state index contributed by atoms with van der Waals surface area (Å²) in [5, 5.41) is 3.79. The molecule has 0 radical (unpaired) electrons. The van der Waals surface area contributed by atoms with Crippen LogP contribution in [0, 0.1) is 0 Å². The molecule has 0 bridgehead atoms. The molecule has 1 heterocycles. The fourth-order valence-electron chi connectivity index (χ4n) is 0.930. The van der Waals surface area contributed by atoms with E-state index in [1.165, 1.54) is 0 Å². The molecule has 0 aliphatic heterocycles. The van der Waals surface area contributed by atoms with Crippen LogP contribution in [0.5, 0.6) is 0 Å². The van der Waals surface area contributed by atoms with E-state index < -0.39 is 0 Å². The van der Waals surface area contributed by atoms with E-state index in [9.17, 15) is 0 Å². The molecule has 4 nitrogen and oxygen atoms in total. The van der Waals surface area contributed by atoms with Crippen LogP contribution < -0.4 is 5.73 Å². The van der Waals surface area contributed by atoms with Crippen molar-refractivity contribution in [2.24, 2.45) is 5.73 Å². The molecule has 74 valence electrons. The molecule has 1 rings (SSSR count). The van der Waals surface area contributed by atoms with Crippen molar-refractivity contribution in [3.05, 3.63) is 11.7 Å². The summed E-state index contributed by atoms with van der Waals surface area (Å²) in [5.41, 5.74) is 5.84. The number of nitrogens with zero attached hydrogens (tertiary/aromatic N) is 2. The van der Waals surface area contributed by atoms with Gasteiger partial charge in [0.05, 0.1) is 6.04 Å². The Balaban J connectivity index is 2.50. The van der Waals surface area contributed by atoms with Crippen molar-refractivity contribution in [2.45, 2.75) is 25.8 Å². The fourth-order valence-corrected chi connectivity index (χ4v) is 1.42. The number of thioether (sulfide) groups is 1. The lowest BCUT2D eigenvalue weighted by Gasteiger charge is -2.03. The molecule has 0 unspecified atom stereocenters. The van der Waals surface area contributed by atoms with E-state index in [0.717, 1.165) is 24.4 Å². The Bertz CT molecular complexity index is 251. The highest BCUT2D eigenvalue weighted by Gasteiger charge is 2.13. The average molecular weight is 201 g/mol. The van der Waals surface area contributed by atoms with Gasteiger partial charge >= 0.3 is 0 Å². The smallest absolute Gasteiger partial charge is 0.243 e. The normalized spacial score (nSPS) is 13.2. The number of hydrogen-bond acceptors (Lipinski definition) is 5. The second-order valence-corrected chi connectivity index (χ2v) is 3.78. The maximum Gasteiger partial charge on any atom is 0.243 e. The van der Waals surface area contributed by atoms with Gasteiger partial charge in [-0.3, -0.25) is 0 Å². The molecule has 0 amide bonds. The van der Waals surface area contributed by atoms with Gasteiger partial charge in [0.2, 0.25) is 5.89 Å². The lowest BCUT2D eigenvalue weighted by atomic mass is 10.2. The Morgan fingerprint density at radius 2 is 2.38 bits per heavy atom. The number of hydrogen-bond donors (Lipinski definition) is 1. The van der Waals surface area contributed by atoms with Crippen molar-refractivity contribution in [2.75, 3.05) is 12.0 Å². The van der Waals surface area contributed by atoms with Crippen molar-refractivity contribution in [1.82, 2.24) is 10.1 Å². The maximum absolute atomic E-state index is 5.84. The molecule has 0 spiro atoms. The van der Waals surface area contributed by atoms with Gasteiger partial charge in [-0.25, -0.2) is 0 Å². The molecule has 2 N–H and O–H groups in total. The van der Waals surface area contributed by atoms with E-state index >= 15 is 0 Å². The molecular weight excluding hydrogens is 186 g/mol. The predicted molar refractivity (Wildman–Crippen MR) is 53.6 cm³/mol. The zero-order chi connectivity index (χ0) is 9.68. The largest absolute Gasteiger partial charge is 0.338 e. The van der Waals surface area contributed by atoms with Crippen LogP contribution in [0.4, 0.5) is 0 Å². The molecule has 0 saturated heterocycles. The molecule has 0 saturated carbocycles. The van der Waals surface area contributed by atoms with Crippen LogP contribution in [0.25, 0.3) is 0 Å². The van der Waals surface area contributed by atoms with Gasteiger partial charge in [-0.1, -0.05) is 12.1 Å². The minimum absolute atomic E-state index is 0.111. The molecular formula is C8H15N3OS. The van der Waals surface area contributed by atoms with E-state index in [0.29, 0.717) is 5.89 Å². The summed E-state index contributed by atoms with van der Waals surface area (Å²) in [5.74, 6) is 2.31. The van der Waals surface area contributed by atoms with Crippen molar-refractivity contribution in [1.29, 1.82) is 0 Å². The number of aryl methyl sites for hydroxylation is 1. The first-order chi connectivity index (χ1) is 6.27. The summed E-state index contributed by atoms with van der Waals surface area (Å²) in [6, 6.07) is -0.111. The summed E-state index contributed by atoms with van der Waals surface area (Å²) < 4.78 is 5.02. The molecule has 0 fully saturated rings. The van der Waals surface area contributed by atoms with E-state index in [-0.39, 0.29) is 6.04 Å². The third-order valence-electron chi connectivity index (χ3n) is 1.75. The number of rotatable bonds is 5. The molecule has 0 aliphatic carbocycles. The fraction of sp³-hybridized carbons (Fsp3) is 0.750. The molecule has 0 aromatic carbocycles. The lowest BCUT2D eigenvalue weighted by molar-refractivity contribution is 0.349. The Morgan fingerprint density at radius 3 is 2.92 bits per heavy atom. The number of aromatic nitrogens is 2. The van der Waals surface area contributed by atoms with Gasteiger partial charge in [0.15, 0.2) is 5.82 Å². The standard InChI is InChI=1S/C8H15N3OS/c1-3-7-10-8(12-11-7)6(9)4-5-13-2/h6H,3-5,9H2,1-2H3/t6-/m1/s1. The van der Waals surface area contributed by atoms with Crippen LogP contribution in [0.1, 0.15) is 31.1 Å². The Hall–Kier alpha value is -0.550. The van der Waals surface area contributed by atoms with Gasteiger partial charge in [-0.15, -0.1) is 0 Å². The van der Waals surface area contributed by atoms with Gasteiger partial charge in [-0.05, 0) is 18.4 Å². The van der Waals surface area contributed by atoms with Crippen LogP contribution in [-0.2, 0) is 6.42 Å². The second kappa shape index (κ2) is 5.24. The van der Waals surface area contributed by atoms with Crippen molar-refractivity contribution < 1.29 is 4.52 Å². The quantitative estimate of drug-likeness (QED) is 0.779. The van der Waals surface area contributed by atoms with E-state index in [1.54, 1.807) is 11.8 Å². The van der Waals surface area contributed by atoms with Crippen LogP contribution in [0.3, 0.4) is 0 Å². The molecule has 1 aromatic rings. The van der Waals surface area contributed by atoms with Crippen LogP contribution in [0.15, 0.2) is 4.52 Å². The van der Waals surface area contributed by atoms with Crippen molar-refractivity contribution in [3.8, 4) is 0 Å². The molecule has 13 heavy (non-hydrogen) atoms. The Kier molecular flexibility index (Phi) is 4.24. The predicted octanol–water partition coefficient (Wildman–Crippen LogP) is 1.38. The Morgan fingerprint density at radius 1 is 1.62 bits per heavy atom. The summed E-state index contributed by atoms with van der Waals surface area (Å²) in [4.78, 5) is 4.17. The maximum atomic E-state index is 5.84. The molecule has 0 aliphatic rings. The second-order valence-electron chi connectivity index (χ2n) is 2.79. The third kappa shape index (κ3) is 3.00.